The number of carbonyl (C=O) groups is 2. The van der Waals surface area contributed by atoms with Crippen LogP contribution < -0.4 is 4.90 Å². The lowest BCUT2D eigenvalue weighted by Gasteiger charge is -2.34. The van der Waals surface area contributed by atoms with Crippen LogP contribution in [0.25, 0.3) is 21.9 Å². The van der Waals surface area contributed by atoms with Gasteiger partial charge in [0, 0.05) is 29.2 Å². The molecule has 1 amide bonds. The summed E-state index contributed by atoms with van der Waals surface area (Å²) in [6, 6.07) is 12.5. The molecule has 4 aromatic rings. The standard InChI is InChI=1S/C31H35N5O4/c1-18-7-14-23-25(35(18)31(39)40-2)15-16-26-27(23)32-29(36(26)22-12-10-20(11-13-22)30(37)38)28(19-8-9-19)34-17-21-5-3-4-6-24(21)33-34/h3-6,15-20,22,28H,7-14H2,1-2H3,(H,37,38)/t18-,20-,22-,28?/m0/s1. The summed E-state index contributed by atoms with van der Waals surface area (Å²) < 4.78 is 9.66. The molecule has 0 saturated heterocycles. The number of fused-ring (bicyclic) bond motifs is 4. The van der Waals surface area contributed by atoms with Crippen LogP contribution in [0.1, 0.15) is 75.3 Å². The molecule has 9 nitrogen and oxygen atoms in total. The van der Waals surface area contributed by atoms with E-state index in [2.05, 4.69) is 34.5 Å². The molecule has 1 unspecified atom stereocenters. The van der Waals surface area contributed by atoms with Gasteiger partial charge in [0.15, 0.2) is 0 Å². The number of aryl methyl sites for hydroxylation is 1. The molecule has 2 fully saturated rings. The molecule has 2 aromatic heterocycles. The zero-order valence-corrected chi connectivity index (χ0v) is 23.0. The summed E-state index contributed by atoms with van der Waals surface area (Å²) in [5.74, 6) is 0.468. The Hall–Kier alpha value is -3.88. The second-order valence-electron chi connectivity index (χ2n) is 11.8. The highest BCUT2D eigenvalue weighted by Crippen LogP contribution is 2.47. The van der Waals surface area contributed by atoms with Crippen molar-refractivity contribution < 1.29 is 19.4 Å². The van der Waals surface area contributed by atoms with E-state index >= 15 is 0 Å². The maximum Gasteiger partial charge on any atom is 0.414 e. The summed E-state index contributed by atoms with van der Waals surface area (Å²) in [5, 5.41) is 15.8. The Labute approximate surface area is 232 Å². The highest BCUT2D eigenvalue weighted by Gasteiger charge is 2.41. The smallest absolute Gasteiger partial charge is 0.414 e. The lowest BCUT2D eigenvalue weighted by atomic mass is 9.85. The fourth-order valence-electron chi connectivity index (χ4n) is 7.05. The van der Waals surface area contributed by atoms with Crippen LogP contribution in [0.4, 0.5) is 10.5 Å². The van der Waals surface area contributed by atoms with E-state index < -0.39 is 5.97 Å². The van der Waals surface area contributed by atoms with Crippen LogP contribution in [0.5, 0.6) is 0 Å². The Morgan fingerprint density at radius 3 is 2.50 bits per heavy atom. The molecule has 1 aliphatic heterocycles. The van der Waals surface area contributed by atoms with Gasteiger partial charge in [-0.2, -0.15) is 5.10 Å². The molecule has 0 bridgehead atoms. The maximum absolute atomic E-state index is 12.8. The lowest BCUT2D eigenvalue weighted by molar-refractivity contribution is -0.143. The molecule has 7 rings (SSSR count). The first-order chi connectivity index (χ1) is 19.4. The summed E-state index contributed by atoms with van der Waals surface area (Å²) in [6.07, 6.45) is 8.65. The number of carbonyl (C=O) groups excluding carboxylic acids is 1. The molecule has 2 aromatic carbocycles. The zero-order valence-electron chi connectivity index (χ0n) is 23.0. The van der Waals surface area contributed by atoms with Gasteiger partial charge in [0.05, 0.1) is 35.3 Å². The van der Waals surface area contributed by atoms with Gasteiger partial charge in [-0.3, -0.25) is 14.4 Å². The number of ether oxygens (including phenoxy) is 1. The topological polar surface area (TPSA) is 102 Å². The fraction of sp³-hybridized carbons (Fsp3) is 0.484. The van der Waals surface area contributed by atoms with Crippen molar-refractivity contribution in [1.82, 2.24) is 19.3 Å². The number of anilines is 1. The normalized spacial score (nSPS) is 23.8. The minimum absolute atomic E-state index is 0.00753. The number of hydrogen-bond acceptors (Lipinski definition) is 5. The summed E-state index contributed by atoms with van der Waals surface area (Å²) in [7, 11) is 1.43. The first kappa shape index (κ1) is 25.1. The Balaban J connectivity index is 1.41. The Morgan fingerprint density at radius 2 is 1.80 bits per heavy atom. The summed E-state index contributed by atoms with van der Waals surface area (Å²) in [4.78, 5) is 31.7. The van der Waals surface area contributed by atoms with Crippen LogP contribution in [0.3, 0.4) is 0 Å². The number of hydrogen-bond donors (Lipinski definition) is 1. The van der Waals surface area contributed by atoms with E-state index in [1.165, 1.54) is 7.11 Å². The lowest BCUT2D eigenvalue weighted by Crippen LogP contribution is -2.42. The van der Waals surface area contributed by atoms with Crippen molar-refractivity contribution in [3.05, 3.63) is 54.0 Å². The second kappa shape index (κ2) is 9.64. The van der Waals surface area contributed by atoms with Gasteiger partial charge in [0.1, 0.15) is 11.9 Å². The van der Waals surface area contributed by atoms with Crippen molar-refractivity contribution in [2.75, 3.05) is 12.0 Å². The van der Waals surface area contributed by atoms with Gasteiger partial charge in [-0.25, -0.2) is 9.78 Å². The van der Waals surface area contributed by atoms with Gasteiger partial charge in [0.25, 0.3) is 0 Å². The van der Waals surface area contributed by atoms with Gasteiger partial charge in [-0.05, 0) is 82.4 Å². The monoisotopic (exact) mass is 541 g/mol. The quantitative estimate of drug-likeness (QED) is 0.327. The molecule has 0 spiro atoms. The first-order valence-corrected chi connectivity index (χ1v) is 14.5. The molecule has 1 N–H and O–H groups in total. The third kappa shape index (κ3) is 4.05. The van der Waals surface area contributed by atoms with Gasteiger partial charge in [0.2, 0.25) is 0 Å². The Bertz CT molecular complexity index is 1580. The Morgan fingerprint density at radius 1 is 1.02 bits per heavy atom. The summed E-state index contributed by atoms with van der Waals surface area (Å²) in [6.45, 7) is 2.06. The highest BCUT2D eigenvalue weighted by atomic mass is 16.5. The zero-order chi connectivity index (χ0) is 27.5. The van der Waals surface area contributed by atoms with Crippen molar-refractivity contribution in [1.29, 1.82) is 0 Å². The first-order valence-electron chi connectivity index (χ1n) is 14.5. The largest absolute Gasteiger partial charge is 0.481 e. The number of carboxylic acids is 1. The molecular weight excluding hydrogens is 506 g/mol. The fourth-order valence-corrected chi connectivity index (χ4v) is 7.05. The molecule has 2 atom stereocenters. The van der Waals surface area contributed by atoms with Crippen LogP contribution in [0.15, 0.2) is 42.6 Å². The van der Waals surface area contributed by atoms with Crippen molar-refractivity contribution in [2.24, 2.45) is 11.8 Å². The van der Waals surface area contributed by atoms with Crippen LogP contribution in [0.2, 0.25) is 0 Å². The van der Waals surface area contributed by atoms with E-state index in [-0.39, 0.29) is 30.1 Å². The van der Waals surface area contributed by atoms with E-state index in [1.54, 1.807) is 4.90 Å². The number of aliphatic carboxylic acids is 1. The molecule has 208 valence electrons. The van der Waals surface area contributed by atoms with E-state index in [4.69, 9.17) is 14.8 Å². The third-order valence-corrected chi connectivity index (χ3v) is 9.31. The van der Waals surface area contributed by atoms with Crippen molar-refractivity contribution in [2.45, 2.75) is 76.4 Å². The predicted molar refractivity (Wildman–Crippen MR) is 152 cm³/mol. The number of nitrogens with zero attached hydrogens (tertiary/aromatic N) is 5. The third-order valence-electron chi connectivity index (χ3n) is 9.31. The van der Waals surface area contributed by atoms with E-state index in [9.17, 15) is 14.7 Å². The molecule has 9 heteroatoms. The van der Waals surface area contributed by atoms with E-state index in [0.29, 0.717) is 18.8 Å². The SMILES string of the molecule is COC(=O)N1c2ccc3c(nc(C(C4CC4)n4cc5ccccc5n4)n3[C@H]3CC[C@H](C(=O)O)CC3)c2CC[C@@H]1C. The van der Waals surface area contributed by atoms with Gasteiger partial charge >= 0.3 is 12.1 Å². The second-order valence-corrected chi connectivity index (χ2v) is 11.8. The average Bonchev–Trinajstić information content (AvgIpc) is 3.58. The van der Waals surface area contributed by atoms with Crippen molar-refractivity contribution in [3.8, 4) is 0 Å². The van der Waals surface area contributed by atoms with E-state index in [1.807, 2.05) is 24.3 Å². The van der Waals surface area contributed by atoms with Gasteiger partial charge in [-0.15, -0.1) is 0 Å². The van der Waals surface area contributed by atoms with Crippen LogP contribution >= 0.6 is 0 Å². The summed E-state index contributed by atoms with van der Waals surface area (Å²) in [5.41, 5.74) is 4.93. The number of amides is 1. The average molecular weight is 542 g/mol. The number of methoxy groups -OCH3 is 1. The van der Waals surface area contributed by atoms with Crippen LogP contribution in [-0.2, 0) is 16.0 Å². The molecule has 3 aliphatic rings. The number of carboxylic acid groups (broad SMARTS) is 1. The number of imidazole rings is 1. The Kier molecular flexibility index (Phi) is 6.05. The maximum atomic E-state index is 12.8. The molecule has 40 heavy (non-hydrogen) atoms. The highest BCUT2D eigenvalue weighted by molar-refractivity contribution is 5.95. The molecule has 0 radical (unpaired) electrons. The predicted octanol–water partition coefficient (Wildman–Crippen LogP) is 6.11. The van der Waals surface area contributed by atoms with Gasteiger partial charge in [-0.1, -0.05) is 18.2 Å². The number of rotatable bonds is 5. The molecule has 2 saturated carbocycles. The number of aromatic nitrogens is 4. The van der Waals surface area contributed by atoms with E-state index in [0.717, 1.165) is 77.5 Å². The van der Waals surface area contributed by atoms with Crippen molar-refractivity contribution >= 4 is 39.7 Å². The van der Waals surface area contributed by atoms with Crippen LogP contribution in [-0.4, -0.2) is 49.7 Å². The summed E-state index contributed by atoms with van der Waals surface area (Å²) >= 11 is 0. The molecular formula is C31H35N5O4. The van der Waals surface area contributed by atoms with Crippen LogP contribution in [0, 0.1) is 11.8 Å². The van der Waals surface area contributed by atoms with Gasteiger partial charge < -0.3 is 14.4 Å². The molecule has 3 heterocycles. The molecule has 2 aliphatic carbocycles. The minimum atomic E-state index is -0.695. The van der Waals surface area contributed by atoms with Crippen molar-refractivity contribution in [3.63, 3.8) is 0 Å². The number of benzene rings is 2. The minimum Gasteiger partial charge on any atom is -0.481 e.